The van der Waals surface area contributed by atoms with Gasteiger partial charge < -0.3 is 19.7 Å². The first kappa shape index (κ1) is 15.3. The number of rotatable bonds is 7. The lowest BCUT2D eigenvalue weighted by Gasteiger charge is -2.08. The Bertz CT molecular complexity index is 583. The fourth-order valence-corrected chi connectivity index (χ4v) is 2.10. The Morgan fingerprint density at radius 2 is 2.00 bits per heavy atom. The smallest absolute Gasteiger partial charge is 0.243 e. The van der Waals surface area contributed by atoms with Gasteiger partial charge in [-0.05, 0) is 24.1 Å². The summed E-state index contributed by atoms with van der Waals surface area (Å²) in [6.07, 6.45) is 2.37. The van der Waals surface area contributed by atoms with Crippen molar-refractivity contribution in [1.29, 1.82) is 0 Å². The summed E-state index contributed by atoms with van der Waals surface area (Å²) in [6.45, 7) is 2.07. The molecule has 0 spiro atoms. The number of benzene rings is 1. The summed E-state index contributed by atoms with van der Waals surface area (Å²) in [5, 5.41) is 3.97. The zero-order chi connectivity index (χ0) is 15.2. The molecule has 2 N–H and O–H groups in total. The number of ether oxygens (including phenoxy) is 2. The van der Waals surface area contributed by atoms with E-state index in [1.807, 2.05) is 18.2 Å². The largest absolute Gasteiger partial charge is 0.493 e. The number of hydrogen-bond donors (Lipinski definition) is 1. The standard InChI is InChI=1S/C15H21N3O3/c1-4-5-11(16)15-17-14(18-21-15)9-10-6-7-12(19-2)13(8-10)20-3/h6-8,11H,4-5,9,16H2,1-3H3/t11-/m1/s1. The Morgan fingerprint density at radius 3 is 2.67 bits per heavy atom. The van der Waals surface area contributed by atoms with Gasteiger partial charge in [-0.15, -0.1) is 0 Å². The van der Waals surface area contributed by atoms with Gasteiger partial charge in [0.15, 0.2) is 17.3 Å². The second kappa shape index (κ2) is 7.08. The van der Waals surface area contributed by atoms with Gasteiger partial charge >= 0.3 is 0 Å². The molecule has 0 unspecified atom stereocenters. The van der Waals surface area contributed by atoms with Crippen molar-refractivity contribution < 1.29 is 14.0 Å². The maximum Gasteiger partial charge on any atom is 0.243 e. The second-order valence-electron chi connectivity index (χ2n) is 4.81. The van der Waals surface area contributed by atoms with E-state index >= 15 is 0 Å². The lowest BCUT2D eigenvalue weighted by molar-refractivity contribution is 0.344. The molecule has 114 valence electrons. The zero-order valence-corrected chi connectivity index (χ0v) is 12.6. The predicted molar refractivity (Wildman–Crippen MR) is 78.5 cm³/mol. The quantitative estimate of drug-likeness (QED) is 0.843. The number of hydrogen-bond acceptors (Lipinski definition) is 6. The first-order valence-electron chi connectivity index (χ1n) is 6.96. The third-order valence-electron chi connectivity index (χ3n) is 3.21. The molecule has 0 aliphatic heterocycles. The number of nitrogens with two attached hydrogens (primary N) is 1. The normalized spacial score (nSPS) is 12.2. The molecule has 21 heavy (non-hydrogen) atoms. The molecule has 6 nitrogen and oxygen atoms in total. The van der Waals surface area contributed by atoms with Crippen LogP contribution >= 0.6 is 0 Å². The van der Waals surface area contributed by atoms with Gasteiger partial charge in [0.05, 0.1) is 20.3 Å². The molecule has 0 radical (unpaired) electrons. The van der Waals surface area contributed by atoms with Crippen LogP contribution in [0.1, 0.15) is 43.1 Å². The summed E-state index contributed by atoms with van der Waals surface area (Å²) in [4.78, 5) is 4.35. The molecule has 0 fully saturated rings. The maximum atomic E-state index is 5.96. The molecule has 0 bridgehead atoms. The van der Waals surface area contributed by atoms with Crippen LogP contribution in [-0.2, 0) is 6.42 Å². The monoisotopic (exact) mass is 291 g/mol. The molecular weight excluding hydrogens is 270 g/mol. The van der Waals surface area contributed by atoms with Gasteiger partial charge in [0.1, 0.15) is 0 Å². The van der Waals surface area contributed by atoms with Gasteiger partial charge in [0.2, 0.25) is 5.89 Å². The van der Waals surface area contributed by atoms with Crippen molar-refractivity contribution in [2.45, 2.75) is 32.2 Å². The van der Waals surface area contributed by atoms with Gasteiger partial charge in [0.25, 0.3) is 0 Å². The van der Waals surface area contributed by atoms with Gasteiger partial charge in [-0.1, -0.05) is 24.6 Å². The highest BCUT2D eigenvalue weighted by molar-refractivity contribution is 5.43. The molecule has 1 atom stereocenters. The van der Waals surface area contributed by atoms with Crippen molar-refractivity contribution in [3.8, 4) is 11.5 Å². The van der Waals surface area contributed by atoms with Crippen LogP contribution in [0.15, 0.2) is 22.7 Å². The Morgan fingerprint density at radius 1 is 1.24 bits per heavy atom. The van der Waals surface area contributed by atoms with Crippen molar-refractivity contribution in [2.24, 2.45) is 5.73 Å². The first-order valence-corrected chi connectivity index (χ1v) is 6.96. The first-order chi connectivity index (χ1) is 10.2. The Kier molecular flexibility index (Phi) is 5.16. The summed E-state index contributed by atoms with van der Waals surface area (Å²) in [7, 11) is 3.22. The summed E-state index contributed by atoms with van der Waals surface area (Å²) >= 11 is 0. The minimum Gasteiger partial charge on any atom is -0.493 e. The average molecular weight is 291 g/mol. The molecule has 0 saturated heterocycles. The molecule has 0 amide bonds. The highest BCUT2D eigenvalue weighted by Crippen LogP contribution is 2.28. The summed E-state index contributed by atoms with van der Waals surface area (Å²) < 4.78 is 15.7. The van der Waals surface area contributed by atoms with Crippen LogP contribution in [0.2, 0.25) is 0 Å². The van der Waals surface area contributed by atoms with E-state index in [-0.39, 0.29) is 6.04 Å². The van der Waals surface area contributed by atoms with Crippen LogP contribution in [0.5, 0.6) is 11.5 Å². The molecule has 6 heteroatoms. The minimum absolute atomic E-state index is 0.193. The minimum atomic E-state index is -0.193. The molecule has 1 aromatic carbocycles. The molecular formula is C15H21N3O3. The van der Waals surface area contributed by atoms with Crippen LogP contribution in [-0.4, -0.2) is 24.4 Å². The third-order valence-corrected chi connectivity index (χ3v) is 3.21. The van der Waals surface area contributed by atoms with Crippen molar-refractivity contribution in [1.82, 2.24) is 10.1 Å². The molecule has 1 heterocycles. The van der Waals surface area contributed by atoms with Crippen LogP contribution in [0, 0.1) is 0 Å². The lowest BCUT2D eigenvalue weighted by Crippen LogP contribution is -2.10. The topological polar surface area (TPSA) is 83.4 Å². The molecule has 2 rings (SSSR count). The zero-order valence-electron chi connectivity index (χ0n) is 12.6. The van der Waals surface area contributed by atoms with Gasteiger partial charge in [0, 0.05) is 6.42 Å². The van der Waals surface area contributed by atoms with E-state index < -0.39 is 0 Å². The van der Waals surface area contributed by atoms with Gasteiger partial charge in [-0.3, -0.25) is 0 Å². The van der Waals surface area contributed by atoms with Crippen LogP contribution in [0.3, 0.4) is 0 Å². The summed E-state index contributed by atoms with van der Waals surface area (Å²) in [5.74, 6) is 2.48. The third kappa shape index (κ3) is 3.72. The van der Waals surface area contributed by atoms with Crippen molar-refractivity contribution in [2.75, 3.05) is 14.2 Å². The van der Waals surface area contributed by atoms with Crippen molar-refractivity contribution in [3.63, 3.8) is 0 Å². The molecule has 2 aromatic rings. The van der Waals surface area contributed by atoms with Crippen LogP contribution in [0.25, 0.3) is 0 Å². The predicted octanol–water partition coefficient (Wildman–Crippen LogP) is 2.48. The van der Waals surface area contributed by atoms with E-state index in [0.29, 0.717) is 29.6 Å². The fourth-order valence-electron chi connectivity index (χ4n) is 2.10. The van der Waals surface area contributed by atoms with Gasteiger partial charge in [-0.25, -0.2) is 0 Å². The molecule has 0 aliphatic rings. The van der Waals surface area contributed by atoms with E-state index in [1.165, 1.54) is 0 Å². The van der Waals surface area contributed by atoms with E-state index in [4.69, 9.17) is 19.7 Å². The second-order valence-corrected chi connectivity index (χ2v) is 4.81. The average Bonchev–Trinajstić information content (AvgIpc) is 2.96. The van der Waals surface area contributed by atoms with Crippen molar-refractivity contribution >= 4 is 0 Å². The highest BCUT2D eigenvalue weighted by Gasteiger charge is 2.14. The van der Waals surface area contributed by atoms with E-state index in [9.17, 15) is 0 Å². The lowest BCUT2D eigenvalue weighted by atomic mass is 10.1. The Balaban J connectivity index is 2.11. The summed E-state index contributed by atoms with van der Waals surface area (Å²) in [6, 6.07) is 5.52. The van der Waals surface area contributed by atoms with Crippen molar-refractivity contribution in [3.05, 3.63) is 35.5 Å². The molecule has 0 aliphatic carbocycles. The van der Waals surface area contributed by atoms with E-state index in [0.717, 1.165) is 18.4 Å². The Labute approximate surface area is 124 Å². The number of nitrogens with zero attached hydrogens (tertiary/aromatic N) is 2. The fraction of sp³-hybridized carbons (Fsp3) is 0.467. The SMILES string of the molecule is CCC[C@@H](N)c1nc(Cc2ccc(OC)c(OC)c2)no1. The Hall–Kier alpha value is -2.08. The number of methoxy groups -OCH3 is 2. The molecule has 0 saturated carbocycles. The van der Waals surface area contributed by atoms with Crippen LogP contribution < -0.4 is 15.2 Å². The van der Waals surface area contributed by atoms with E-state index in [2.05, 4.69) is 17.1 Å². The maximum absolute atomic E-state index is 5.96. The van der Waals surface area contributed by atoms with Crippen LogP contribution in [0.4, 0.5) is 0 Å². The summed E-state index contributed by atoms with van der Waals surface area (Å²) in [5.41, 5.74) is 6.98. The van der Waals surface area contributed by atoms with E-state index in [1.54, 1.807) is 14.2 Å². The van der Waals surface area contributed by atoms with Gasteiger partial charge in [-0.2, -0.15) is 4.98 Å². The highest BCUT2D eigenvalue weighted by atomic mass is 16.5. The number of aromatic nitrogens is 2. The molecule has 1 aromatic heterocycles.